The van der Waals surface area contributed by atoms with E-state index in [1.54, 1.807) is 0 Å². The summed E-state index contributed by atoms with van der Waals surface area (Å²) in [5.74, 6) is 0.911. The van der Waals surface area contributed by atoms with Gasteiger partial charge in [0, 0.05) is 12.6 Å². The van der Waals surface area contributed by atoms with Crippen molar-refractivity contribution < 1.29 is 9.47 Å². The van der Waals surface area contributed by atoms with Crippen molar-refractivity contribution in [2.75, 3.05) is 19.8 Å². The third-order valence-electron chi connectivity index (χ3n) is 3.27. The monoisotopic (exact) mass is 263 g/mol. The largest absolute Gasteiger partial charge is 0.491 e. The van der Waals surface area contributed by atoms with Crippen LogP contribution in [0.3, 0.4) is 0 Å². The van der Waals surface area contributed by atoms with Gasteiger partial charge in [0.2, 0.25) is 0 Å². The van der Waals surface area contributed by atoms with Gasteiger partial charge < -0.3 is 14.8 Å². The minimum absolute atomic E-state index is 0.324. The maximum atomic E-state index is 5.89. The molecule has 1 aliphatic carbocycles. The predicted octanol–water partition coefficient (Wildman–Crippen LogP) is 3.00. The highest BCUT2D eigenvalue weighted by molar-refractivity contribution is 5.20. The van der Waals surface area contributed by atoms with Gasteiger partial charge >= 0.3 is 0 Å². The van der Waals surface area contributed by atoms with E-state index < -0.39 is 0 Å². The molecule has 1 fully saturated rings. The van der Waals surface area contributed by atoms with E-state index in [4.69, 9.17) is 9.47 Å². The summed E-state index contributed by atoms with van der Waals surface area (Å²) in [6, 6.07) is 10.6. The molecule has 1 aliphatic rings. The SMILES string of the molecule is CCCC(CNC1CC1)OCCOc1ccccc1. The summed E-state index contributed by atoms with van der Waals surface area (Å²) in [5, 5.41) is 3.53. The second-order valence-corrected chi connectivity index (χ2v) is 5.13. The molecule has 1 N–H and O–H groups in total. The maximum absolute atomic E-state index is 5.89. The average molecular weight is 263 g/mol. The Morgan fingerprint density at radius 1 is 1.21 bits per heavy atom. The summed E-state index contributed by atoms with van der Waals surface area (Å²) in [5.41, 5.74) is 0. The Labute approximate surface area is 116 Å². The van der Waals surface area contributed by atoms with Crippen LogP contribution in [0.15, 0.2) is 30.3 Å². The number of rotatable bonds is 10. The summed E-state index contributed by atoms with van der Waals surface area (Å²) < 4.78 is 11.5. The van der Waals surface area contributed by atoms with Crippen LogP contribution in [0.2, 0.25) is 0 Å². The van der Waals surface area contributed by atoms with Gasteiger partial charge in [0.25, 0.3) is 0 Å². The third-order valence-corrected chi connectivity index (χ3v) is 3.27. The van der Waals surface area contributed by atoms with Crippen LogP contribution in [-0.2, 0) is 4.74 Å². The second-order valence-electron chi connectivity index (χ2n) is 5.13. The van der Waals surface area contributed by atoms with Crippen LogP contribution in [0.5, 0.6) is 5.75 Å². The lowest BCUT2D eigenvalue weighted by Crippen LogP contribution is -2.31. The van der Waals surface area contributed by atoms with Crippen LogP contribution in [0, 0.1) is 0 Å². The molecule has 3 nitrogen and oxygen atoms in total. The molecular formula is C16H25NO2. The first-order valence-electron chi connectivity index (χ1n) is 7.41. The van der Waals surface area contributed by atoms with Crippen molar-refractivity contribution in [1.29, 1.82) is 0 Å². The summed E-state index contributed by atoms with van der Waals surface area (Å²) in [6.45, 7) is 4.46. The van der Waals surface area contributed by atoms with Gasteiger partial charge in [-0.2, -0.15) is 0 Å². The van der Waals surface area contributed by atoms with Gasteiger partial charge in [-0.15, -0.1) is 0 Å². The number of benzene rings is 1. The normalized spacial score (nSPS) is 16.3. The van der Waals surface area contributed by atoms with Crippen LogP contribution < -0.4 is 10.1 Å². The first kappa shape index (κ1) is 14.4. The van der Waals surface area contributed by atoms with Crippen molar-refractivity contribution in [3.05, 3.63) is 30.3 Å². The van der Waals surface area contributed by atoms with Crippen LogP contribution in [0.1, 0.15) is 32.6 Å². The Morgan fingerprint density at radius 2 is 2.00 bits per heavy atom. The number of hydrogen-bond donors (Lipinski definition) is 1. The zero-order valence-electron chi connectivity index (χ0n) is 11.8. The molecule has 0 aromatic heterocycles. The van der Waals surface area contributed by atoms with E-state index in [0.717, 1.165) is 31.2 Å². The van der Waals surface area contributed by atoms with Gasteiger partial charge in [0.05, 0.1) is 12.7 Å². The maximum Gasteiger partial charge on any atom is 0.119 e. The highest BCUT2D eigenvalue weighted by atomic mass is 16.5. The van der Waals surface area contributed by atoms with Crippen molar-refractivity contribution in [3.63, 3.8) is 0 Å². The lowest BCUT2D eigenvalue weighted by molar-refractivity contribution is 0.0286. The Kier molecular flexibility index (Phi) is 6.18. The minimum Gasteiger partial charge on any atom is -0.491 e. The van der Waals surface area contributed by atoms with E-state index in [1.807, 2.05) is 30.3 Å². The molecule has 0 spiro atoms. The van der Waals surface area contributed by atoms with Gasteiger partial charge in [0.1, 0.15) is 12.4 Å². The first-order chi connectivity index (χ1) is 9.38. The molecule has 3 heteroatoms. The smallest absolute Gasteiger partial charge is 0.119 e. The summed E-state index contributed by atoms with van der Waals surface area (Å²) in [4.78, 5) is 0. The molecule has 0 bridgehead atoms. The molecule has 1 saturated carbocycles. The highest BCUT2D eigenvalue weighted by Gasteiger charge is 2.21. The molecule has 2 rings (SSSR count). The number of nitrogens with one attached hydrogen (secondary N) is 1. The summed E-state index contributed by atoms with van der Waals surface area (Å²) in [6.07, 6.45) is 5.26. The zero-order chi connectivity index (χ0) is 13.3. The fourth-order valence-corrected chi connectivity index (χ4v) is 2.04. The van der Waals surface area contributed by atoms with Crippen molar-refractivity contribution >= 4 is 0 Å². The van der Waals surface area contributed by atoms with Gasteiger partial charge in [-0.05, 0) is 31.4 Å². The number of hydrogen-bond acceptors (Lipinski definition) is 3. The number of para-hydroxylation sites is 1. The van der Waals surface area contributed by atoms with Crippen molar-refractivity contribution in [3.8, 4) is 5.75 Å². The quantitative estimate of drug-likeness (QED) is 0.658. The van der Waals surface area contributed by atoms with E-state index in [0.29, 0.717) is 19.3 Å². The van der Waals surface area contributed by atoms with Gasteiger partial charge in [-0.25, -0.2) is 0 Å². The molecule has 1 unspecified atom stereocenters. The van der Waals surface area contributed by atoms with Crippen LogP contribution >= 0.6 is 0 Å². The Morgan fingerprint density at radius 3 is 2.68 bits per heavy atom. The van der Waals surface area contributed by atoms with Gasteiger partial charge in [-0.3, -0.25) is 0 Å². The summed E-state index contributed by atoms with van der Waals surface area (Å²) >= 11 is 0. The highest BCUT2D eigenvalue weighted by Crippen LogP contribution is 2.18. The van der Waals surface area contributed by atoms with Crippen molar-refractivity contribution in [2.45, 2.75) is 44.8 Å². The molecule has 1 atom stereocenters. The van der Waals surface area contributed by atoms with E-state index in [1.165, 1.54) is 12.8 Å². The van der Waals surface area contributed by atoms with E-state index in [9.17, 15) is 0 Å². The molecule has 19 heavy (non-hydrogen) atoms. The minimum atomic E-state index is 0.324. The second kappa shape index (κ2) is 8.18. The molecule has 0 radical (unpaired) electrons. The standard InChI is InChI=1S/C16H25NO2/c1-2-6-16(13-17-14-9-10-14)19-12-11-18-15-7-4-3-5-8-15/h3-5,7-8,14,16-17H,2,6,9-13H2,1H3. The zero-order valence-corrected chi connectivity index (χ0v) is 11.8. The lowest BCUT2D eigenvalue weighted by atomic mass is 10.2. The molecular weight excluding hydrogens is 238 g/mol. The topological polar surface area (TPSA) is 30.5 Å². The molecule has 0 amide bonds. The average Bonchev–Trinajstić information content (AvgIpc) is 3.26. The summed E-state index contributed by atoms with van der Waals surface area (Å²) in [7, 11) is 0. The Balaban J connectivity index is 1.58. The molecule has 0 heterocycles. The predicted molar refractivity (Wildman–Crippen MR) is 77.6 cm³/mol. The Hall–Kier alpha value is -1.06. The molecule has 0 aliphatic heterocycles. The van der Waals surface area contributed by atoms with E-state index in [-0.39, 0.29) is 0 Å². The van der Waals surface area contributed by atoms with Crippen LogP contribution in [-0.4, -0.2) is 31.9 Å². The Bertz CT molecular complexity index is 338. The van der Waals surface area contributed by atoms with E-state index >= 15 is 0 Å². The fourth-order valence-electron chi connectivity index (χ4n) is 2.04. The molecule has 1 aromatic rings. The lowest BCUT2D eigenvalue weighted by Gasteiger charge is -2.18. The van der Waals surface area contributed by atoms with Crippen LogP contribution in [0.25, 0.3) is 0 Å². The fraction of sp³-hybridized carbons (Fsp3) is 0.625. The van der Waals surface area contributed by atoms with Crippen LogP contribution in [0.4, 0.5) is 0 Å². The molecule has 0 saturated heterocycles. The van der Waals surface area contributed by atoms with Gasteiger partial charge in [0.15, 0.2) is 0 Å². The van der Waals surface area contributed by atoms with Gasteiger partial charge in [-0.1, -0.05) is 31.5 Å². The third kappa shape index (κ3) is 6.08. The van der Waals surface area contributed by atoms with Crippen molar-refractivity contribution in [2.24, 2.45) is 0 Å². The first-order valence-corrected chi connectivity index (χ1v) is 7.41. The number of ether oxygens (including phenoxy) is 2. The van der Waals surface area contributed by atoms with Crippen molar-refractivity contribution in [1.82, 2.24) is 5.32 Å². The van der Waals surface area contributed by atoms with E-state index in [2.05, 4.69) is 12.2 Å². The molecule has 1 aromatic carbocycles. The molecule has 106 valence electrons.